The van der Waals surface area contributed by atoms with Crippen molar-refractivity contribution >= 4 is 54.0 Å². The molecule has 1 spiro atoms. The maximum Gasteiger partial charge on any atom is 0.312 e. The van der Waals surface area contributed by atoms with Crippen LogP contribution in [0.4, 0.5) is 17.2 Å². The van der Waals surface area contributed by atoms with E-state index < -0.39 is 41.3 Å². The Bertz CT molecular complexity index is 2890. The molecule has 18 heteroatoms. The van der Waals surface area contributed by atoms with E-state index in [9.17, 15) is 31.7 Å². The number of carbonyl (C=O) groups is 1. The van der Waals surface area contributed by atoms with E-state index in [0.29, 0.717) is 36.4 Å². The summed E-state index contributed by atoms with van der Waals surface area (Å²) in [5.41, 5.74) is 3.58. The molecule has 356 valence electrons. The second kappa shape index (κ2) is 18.1. The van der Waals surface area contributed by atoms with Crippen LogP contribution < -0.4 is 19.7 Å². The maximum absolute atomic E-state index is 14.0. The van der Waals surface area contributed by atoms with Gasteiger partial charge in [-0.1, -0.05) is 52.0 Å². The van der Waals surface area contributed by atoms with E-state index in [4.69, 9.17) is 4.74 Å². The molecule has 1 amide bonds. The van der Waals surface area contributed by atoms with E-state index >= 15 is 0 Å². The Hall–Kier alpha value is -5.59. The molecule has 3 aromatic heterocycles. The van der Waals surface area contributed by atoms with Crippen LogP contribution in [0.1, 0.15) is 113 Å². The van der Waals surface area contributed by atoms with Gasteiger partial charge in [0.05, 0.1) is 34.4 Å². The first-order valence-electron chi connectivity index (χ1n) is 23.4. The summed E-state index contributed by atoms with van der Waals surface area (Å²) in [7, 11) is -7.80. The van der Waals surface area contributed by atoms with Crippen LogP contribution in [0.15, 0.2) is 84.1 Å². The minimum atomic E-state index is -4.63. The van der Waals surface area contributed by atoms with Crippen molar-refractivity contribution in [1.29, 1.82) is 0 Å². The number of nitro groups is 1. The first-order chi connectivity index (χ1) is 31.9. The minimum absolute atomic E-state index is 0.0309. The monoisotopic (exact) mass is 952 g/mol. The van der Waals surface area contributed by atoms with Gasteiger partial charge in [0.25, 0.3) is 15.9 Å². The number of nitrogens with zero attached hydrogens (tertiary/aromatic N) is 5. The molecular formula is C49H60N8O8S2. The van der Waals surface area contributed by atoms with Gasteiger partial charge < -0.3 is 19.9 Å². The topological polar surface area (TPSA) is 210 Å². The third-order valence-electron chi connectivity index (χ3n) is 14.9. The number of nitrogens with one attached hydrogen (secondary N) is 3. The van der Waals surface area contributed by atoms with Crippen molar-refractivity contribution in [3.63, 3.8) is 0 Å². The number of rotatable bonds is 13. The predicted octanol–water partition coefficient (Wildman–Crippen LogP) is 8.75. The number of fused-ring (bicyclic) bond motifs is 1. The lowest BCUT2D eigenvalue weighted by molar-refractivity contribution is -0.384. The Morgan fingerprint density at radius 1 is 0.985 bits per heavy atom. The minimum Gasteiger partial charge on any atom is -0.455 e. The number of benzene rings is 2. The van der Waals surface area contributed by atoms with Crippen LogP contribution in [0.25, 0.3) is 11.0 Å². The quantitative estimate of drug-likeness (QED) is 0.0746. The molecule has 2 aliphatic heterocycles. The standard InChI is InChI=1S/C49H60N8O8S2/c1-32(2)39-7-5-6-8-40(39)43-31-66(61,62)22-21-56(43)36-26-49(27-36)16-19-55(20-17-49)35-9-10-41(44(24-35)65-37-23-34-13-18-50-45(34)52-29-37)47(58)54-67(63,64)38-25-42(57(59)60)46(53-30-38)51-28-33-11-14-48(3,4)15-12-33/h5-10,13,18,23-25,29-30,32-33,36,43H,11-12,14-17,19-22,26-28,31H2,1-4H3,(H,50,52)(H,51,53)(H,54,58)/t43-/m1/s1. The van der Waals surface area contributed by atoms with Crippen LogP contribution >= 0.6 is 0 Å². The van der Waals surface area contributed by atoms with E-state index in [-0.39, 0.29) is 51.4 Å². The van der Waals surface area contributed by atoms with Crippen LogP contribution in [0.3, 0.4) is 0 Å². The molecule has 1 atom stereocenters. The number of ether oxygens (including phenoxy) is 1. The fourth-order valence-corrected chi connectivity index (χ4v) is 13.2. The number of sulfonamides is 1. The largest absolute Gasteiger partial charge is 0.455 e. The number of piperidine rings is 1. The van der Waals surface area contributed by atoms with Crippen LogP contribution in [0.5, 0.6) is 11.5 Å². The molecule has 3 N–H and O–H groups in total. The molecule has 67 heavy (non-hydrogen) atoms. The second-order valence-electron chi connectivity index (χ2n) is 20.3. The number of sulfone groups is 1. The molecule has 5 heterocycles. The molecule has 4 aliphatic rings. The van der Waals surface area contributed by atoms with E-state index in [2.05, 4.69) is 74.6 Å². The summed E-state index contributed by atoms with van der Waals surface area (Å²) in [5.74, 6) is 0.320. The maximum atomic E-state index is 14.0. The summed E-state index contributed by atoms with van der Waals surface area (Å²) in [5, 5.41) is 16.0. The zero-order chi connectivity index (χ0) is 47.3. The molecule has 0 unspecified atom stereocenters. The lowest BCUT2D eigenvalue weighted by atomic mass is 9.59. The number of carbonyl (C=O) groups excluding carboxylic acids is 1. The second-order valence-corrected chi connectivity index (χ2v) is 24.2. The van der Waals surface area contributed by atoms with Crippen molar-refractivity contribution in [3.8, 4) is 11.5 Å². The highest BCUT2D eigenvalue weighted by molar-refractivity contribution is 7.91. The first-order valence-corrected chi connectivity index (χ1v) is 26.7. The predicted molar refractivity (Wildman–Crippen MR) is 258 cm³/mol. The van der Waals surface area contributed by atoms with Crippen molar-refractivity contribution in [3.05, 3.63) is 106 Å². The van der Waals surface area contributed by atoms with Gasteiger partial charge in [-0.3, -0.25) is 19.8 Å². The van der Waals surface area contributed by atoms with Crippen LogP contribution in [-0.4, -0.2) is 91.2 Å². The Morgan fingerprint density at radius 3 is 2.46 bits per heavy atom. The van der Waals surface area contributed by atoms with Gasteiger partial charge in [0.15, 0.2) is 9.84 Å². The lowest BCUT2D eigenvalue weighted by Crippen LogP contribution is -2.58. The van der Waals surface area contributed by atoms with Crippen LogP contribution in [0.2, 0.25) is 0 Å². The summed E-state index contributed by atoms with van der Waals surface area (Å²) >= 11 is 0. The third kappa shape index (κ3) is 10.0. The average Bonchev–Trinajstić information content (AvgIpc) is 3.76. The summed E-state index contributed by atoms with van der Waals surface area (Å²) < 4.78 is 61.9. The van der Waals surface area contributed by atoms with Gasteiger partial charge in [0.1, 0.15) is 22.0 Å². The zero-order valence-electron chi connectivity index (χ0n) is 38.5. The van der Waals surface area contributed by atoms with E-state index in [1.807, 2.05) is 18.2 Å². The fourth-order valence-electron chi connectivity index (χ4n) is 10.8. The molecule has 0 radical (unpaired) electrons. The number of hydrogen-bond acceptors (Lipinski definition) is 13. The SMILES string of the molecule is CC(C)c1ccccc1[C@H]1CS(=O)(=O)CCN1C1CC2(CCN(c3ccc(C(=O)NS(=O)(=O)c4cnc(NCC5CCC(C)(C)CC5)c([N+](=O)[O-])c4)c(Oc4cnc5[nH]ccc5c4)c3)CC2)C1. The van der Waals surface area contributed by atoms with Crippen molar-refractivity contribution in [2.45, 2.75) is 102 Å². The van der Waals surface area contributed by atoms with Crippen molar-refractivity contribution in [2.75, 3.05) is 47.9 Å². The Morgan fingerprint density at radius 2 is 1.73 bits per heavy atom. The molecule has 2 aromatic carbocycles. The van der Waals surface area contributed by atoms with Crippen LogP contribution in [-0.2, 0) is 19.9 Å². The van der Waals surface area contributed by atoms with Crippen molar-refractivity contribution in [2.24, 2.45) is 16.7 Å². The Kier molecular flexibility index (Phi) is 12.6. The van der Waals surface area contributed by atoms with E-state index in [1.54, 1.807) is 24.4 Å². The average molecular weight is 953 g/mol. The number of aromatic amines is 1. The van der Waals surface area contributed by atoms with Gasteiger partial charge in [-0.25, -0.2) is 31.5 Å². The van der Waals surface area contributed by atoms with Gasteiger partial charge >= 0.3 is 5.69 Å². The molecule has 9 rings (SSSR count). The van der Waals surface area contributed by atoms with Gasteiger partial charge in [0.2, 0.25) is 5.82 Å². The highest BCUT2D eigenvalue weighted by Crippen LogP contribution is 2.53. The van der Waals surface area contributed by atoms with Crippen molar-refractivity contribution in [1.82, 2.24) is 24.6 Å². The van der Waals surface area contributed by atoms with Gasteiger partial charge in [-0.2, -0.15) is 0 Å². The van der Waals surface area contributed by atoms with Gasteiger partial charge in [0, 0.05) is 67.7 Å². The zero-order valence-corrected chi connectivity index (χ0v) is 40.2. The number of hydrogen-bond donors (Lipinski definition) is 3. The summed E-state index contributed by atoms with van der Waals surface area (Å²) in [6.07, 6.45) is 12.2. The number of amides is 1. The summed E-state index contributed by atoms with van der Waals surface area (Å²) in [6, 6.07) is 17.9. The lowest BCUT2D eigenvalue weighted by Gasteiger charge is -2.57. The fraction of sp³-hybridized carbons (Fsp3) is 0.490. The Balaban J connectivity index is 0.903. The van der Waals surface area contributed by atoms with Gasteiger partial charge in [-0.05, 0) is 109 Å². The molecule has 0 bridgehead atoms. The summed E-state index contributed by atoms with van der Waals surface area (Å²) in [4.78, 5) is 41.3. The molecule has 16 nitrogen and oxygen atoms in total. The normalized spacial score (nSPS) is 21.0. The summed E-state index contributed by atoms with van der Waals surface area (Å²) in [6.45, 7) is 11.3. The number of pyridine rings is 2. The molecule has 2 saturated heterocycles. The highest BCUT2D eigenvalue weighted by Gasteiger charge is 2.50. The van der Waals surface area contributed by atoms with Crippen LogP contribution in [0, 0.1) is 26.9 Å². The molecule has 5 aromatic rings. The molecule has 2 aliphatic carbocycles. The number of H-pyrrole nitrogens is 1. The van der Waals surface area contributed by atoms with E-state index in [0.717, 1.165) is 93.4 Å². The smallest absolute Gasteiger partial charge is 0.312 e. The Labute approximate surface area is 392 Å². The van der Waals surface area contributed by atoms with Crippen molar-refractivity contribution < 1.29 is 31.3 Å². The number of anilines is 2. The number of aromatic nitrogens is 3. The molecule has 2 saturated carbocycles. The third-order valence-corrected chi connectivity index (χ3v) is 17.8. The molecule has 4 fully saturated rings. The first kappa shape index (κ1) is 46.5. The highest BCUT2D eigenvalue weighted by atomic mass is 32.2. The van der Waals surface area contributed by atoms with E-state index in [1.165, 1.54) is 17.8 Å². The van der Waals surface area contributed by atoms with Gasteiger partial charge in [-0.15, -0.1) is 0 Å². The molecular weight excluding hydrogens is 893 g/mol.